The molecule has 20 heavy (non-hydrogen) atoms. The van der Waals surface area contributed by atoms with E-state index >= 15 is 0 Å². The predicted molar refractivity (Wildman–Crippen MR) is 86.7 cm³/mol. The van der Waals surface area contributed by atoms with Crippen LogP contribution >= 0.6 is 15.9 Å². The van der Waals surface area contributed by atoms with Gasteiger partial charge in [0.1, 0.15) is 5.75 Å². The van der Waals surface area contributed by atoms with Gasteiger partial charge in [0.25, 0.3) is 0 Å². The monoisotopic (exact) mass is 333 g/mol. The van der Waals surface area contributed by atoms with Crippen LogP contribution in [0.3, 0.4) is 0 Å². The van der Waals surface area contributed by atoms with Crippen molar-refractivity contribution in [1.82, 2.24) is 4.98 Å². The van der Waals surface area contributed by atoms with E-state index in [1.165, 1.54) is 5.56 Å². The van der Waals surface area contributed by atoms with Gasteiger partial charge >= 0.3 is 0 Å². The molecular weight excluding hydrogens is 314 g/mol. The lowest BCUT2D eigenvalue weighted by Crippen LogP contribution is -2.02. The molecule has 0 fully saturated rings. The largest absolute Gasteiger partial charge is 0.496 e. The molecule has 0 amide bonds. The number of aryl methyl sites for hydroxylation is 2. The van der Waals surface area contributed by atoms with Crippen molar-refractivity contribution in [2.45, 2.75) is 31.5 Å². The molecule has 2 nitrogen and oxygen atoms in total. The van der Waals surface area contributed by atoms with E-state index in [0.717, 1.165) is 35.4 Å². The quantitative estimate of drug-likeness (QED) is 0.735. The third-order valence-electron chi connectivity index (χ3n) is 3.55. The van der Waals surface area contributed by atoms with E-state index in [4.69, 9.17) is 4.74 Å². The van der Waals surface area contributed by atoms with E-state index < -0.39 is 0 Å². The van der Waals surface area contributed by atoms with Crippen molar-refractivity contribution in [2.24, 2.45) is 0 Å². The number of nitrogens with zero attached hydrogens (tertiary/aromatic N) is 1. The minimum Gasteiger partial charge on any atom is -0.496 e. The molecular formula is C17H20BrNO. The van der Waals surface area contributed by atoms with Gasteiger partial charge in [-0.05, 0) is 32.3 Å². The number of alkyl halides is 1. The summed E-state index contributed by atoms with van der Waals surface area (Å²) in [5.74, 6) is 0.959. The van der Waals surface area contributed by atoms with Gasteiger partial charge in [0, 0.05) is 27.8 Å². The van der Waals surface area contributed by atoms with Crippen molar-refractivity contribution in [3.8, 4) is 5.75 Å². The summed E-state index contributed by atoms with van der Waals surface area (Å²) in [6.07, 6.45) is 3.85. The lowest BCUT2D eigenvalue weighted by molar-refractivity contribution is 0.406. The van der Waals surface area contributed by atoms with E-state index in [0.29, 0.717) is 4.83 Å². The summed E-state index contributed by atoms with van der Waals surface area (Å²) in [6, 6.07) is 10.5. The molecule has 0 aliphatic rings. The van der Waals surface area contributed by atoms with Crippen LogP contribution in [0.25, 0.3) is 0 Å². The highest BCUT2D eigenvalue weighted by molar-refractivity contribution is 9.09. The molecule has 1 heterocycles. The number of hydrogen-bond acceptors (Lipinski definition) is 2. The number of ether oxygens (including phenoxy) is 1. The first-order valence-electron chi connectivity index (χ1n) is 6.81. The molecule has 2 rings (SSSR count). The zero-order chi connectivity index (χ0) is 14.5. The molecule has 1 unspecified atom stereocenters. The van der Waals surface area contributed by atoms with E-state index in [1.54, 1.807) is 7.11 Å². The lowest BCUT2D eigenvalue weighted by Gasteiger charge is -2.14. The van der Waals surface area contributed by atoms with E-state index in [2.05, 4.69) is 52.1 Å². The molecule has 1 aromatic carbocycles. The third-order valence-corrected chi connectivity index (χ3v) is 4.53. The molecule has 1 atom stereocenters. The first-order chi connectivity index (χ1) is 9.63. The fraction of sp³-hybridized carbons (Fsp3) is 0.353. The van der Waals surface area contributed by atoms with Crippen LogP contribution in [-0.2, 0) is 6.42 Å². The van der Waals surface area contributed by atoms with Gasteiger partial charge in [-0.25, -0.2) is 0 Å². The van der Waals surface area contributed by atoms with Gasteiger partial charge in [0.15, 0.2) is 0 Å². The maximum Gasteiger partial charge on any atom is 0.128 e. The van der Waals surface area contributed by atoms with Gasteiger partial charge in [-0.3, -0.25) is 4.98 Å². The topological polar surface area (TPSA) is 22.1 Å². The molecule has 0 bridgehead atoms. The van der Waals surface area contributed by atoms with Crippen LogP contribution in [0.4, 0.5) is 0 Å². The van der Waals surface area contributed by atoms with Crippen molar-refractivity contribution in [1.29, 1.82) is 0 Å². The molecule has 2 aromatic rings. The molecule has 106 valence electrons. The van der Waals surface area contributed by atoms with Crippen LogP contribution < -0.4 is 4.74 Å². The second-order valence-electron chi connectivity index (χ2n) is 4.96. The van der Waals surface area contributed by atoms with Crippen molar-refractivity contribution in [2.75, 3.05) is 7.11 Å². The average molecular weight is 334 g/mol. The van der Waals surface area contributed by atoms with Gasteiger partial charge in [0.2, 0.25) is 0 Å². The normalized spacial score (nSPS) is 12.2. The standard InChI is InChI=1S/C17H20BrNO/c1-12-11-19-16(13(2)17(12)20-3)10-9-15(18)14-7-5-4-6-8-14/h4-8,11,15H,9-10H2,1-3H3. The van der Waals surface area contributed by atoms with Crippen molar-refractivity contribution < 1.29 is 4.74 Å². The summed E-state index contributed by atoms with van der Waals surface area (Å²) in [5.41, 5.74) is 4.67. The number of hydrogen-bond donors (Lipinski definition) is 0. The van der Waals surface area contributed by atoms with Crippen LogP contribution in [0.1, 0.15) is 33.6 Å². The second-order valence-corrected chi connectivity index (χ2v) is 6.07. The van der Waals surface area contributed by atoms with Gasteiger partial charge in [-0.1, -0.05) is 46.3 Å². The van der Waals surface area contributed by atoms with E-state index in [1.807, 2.05) is 19.2 Å². The van der Waals surface area contributed by atoms with Crippen LogP contribution in [0.2, 0.25) is 0 Å². The molecule has 0 saturated carbocycles. The molecule has 0 N–H and O–H groups in total. The number of pyridine rings is 1. The number of methoxy groups -OCH3 is 1. The zero-order valence-corrected chi connectivity index (χ0v) is 13.8. The second kappa shape index (κ2) is 6.89. The maximum atomic E-state index is 5.46. The first kappa shape index (κ1) is 15.0. The fourth-order valence-electron chi connectivity index (χ4n) is 2.42. The Morgan fingerprint density at radius 3 is 2.55 bits per heavy atom. The van der Waals surface area contributed by atoms with E-state index in [-0.39, 0.29) is 0 Å². The number of aromatic nitrogens is 1. The number of halogens is 1. The van der Waals surface area contributed by atoms with Crippen molar-refractivity contribution in [3.63, 3.8) is 0 Å². The van der Waals surface area contributed by atoms with Gasteiger partial charge in [-0.2, -0.15) is 0 Å². The van der Waals surface area contributed by atoms with Crippen LogP contribution in [0, 0.1) is 13.8 Å². The van der Waals surface area contributed by atoms with Gasteiger partial charge < -0.3 is 4.74 Å². The molecule has 3 heteroatoms. The summed E-state index contributed by atoms with van der Waals surface area (Å²) in [7, 11) is 1.72. The fourth-order valence-corrected chi connectivity index (χ4v) is 2.95. The van der Waals surface area contributed by atoms with Gasteiger partial charge in [0.05, 0.1) is 7.11 Å². The smallest absolute Gasteiger partial charge is 0.128 e. The molecule has 0 spiro atoms. The molecule has 0 aliphatic heterocycles. The Morgan fingerprint density at radius 2 is 1.90 bits per heavy atom. The Hall–Kier alpha value is -1.35. The van der Waals surface area contributed by atoms with Gasteiger partial charge in [-0.15, -0.1) is 0 Å². The Kier molecular flexibility index (Phi) is 5.18. The molecule has 1 aromatic heterocycles. The highest BCUT2D eigenvalue weighted by Crippen LogP contribution is 2.30. The molecule has 0 aliphatic carbocycles. The summed E-state index contributed by atoms with van der Waals surface area (Å²) in [6.45, 7) is 4.11. The number of benzene rings is 1. The van der Waals surface area contributed by atoms with Crippen LogP contribution in [0.15, 0.2) is 36.5 Å². The highest BCUT2D eigenvalue weighted by Gasteiger charge is 2.12. The molecule has 0 saturated heterocycles. The SMILES string of the molecule is COc1c(C)cnc(CCC(Br)c2ccccc2)c1C. The van der Waals surface area contributed by atoms with Crippen LogP contribution in [-0.4, -0.2) is 12.1 Å². The summed E-state index contributed by atoms with van der Waals surface area (Å²) in [4.78, 5) is 4.91. The Labute approximate surface area is 129 Å². The Balaban J connectivity index is 2.08. The summed E-state index contributed by atoms with van der Waals surface area (Å²) >= 11 is 3.76. The van der Waals surface area contributed by atoms with Crippen molar-refractivity contribution in [3.05, 3.63) is 58.9 Å². The van der Waals surface area contributed by atoms with Crippen LogP contribution in [0.5, 0.6) is 5.75 Å². The summed E-state index contributed by atoms with van der Waals surface area (Å²) < 4.78 is 5.46. The predicted octanol–water partition coefficient (Wildman–Crippen LogP) is 4.78. The lowest BCUT2D eigenvalue weighted by atomic mass is 10.0. The maximum absolute atomic E-state index is 5.46. The minimum absolute atomic E-state index is 0.359. The minimum atomic E-state index is 0.359. The number of rotatable bonds is 5. The average Bonchev–Trinajstić information content (AvgIpc) is 2.47. The first-order valence-corrected chi connectivity index (χ1v) is 7.73. The third kappa shape index (κ3) is 3.40. The Bertz CT molecular complexity index is 569. The molecule has 0 radical (unpaired) electrons. The van der Waals surface area contributed by atoms with E-state index in [9.17, 15) is 0 Å². The van der Waals surface area contributed by atoms with Crippen molar-refractivity contribution >= 4 is 15.9 Å². The highest BCUT2D eigenvalue weighted by atomic mass is 79.9. The zero-order valence-electron chi connectivity index (χ0n) is 12.2. The Morgan fingerprint density at radius 1 is 1.20 bits per heavy atom. The summed E-state index contributed by atoms with van der Waals surface area (Å²) in [5, 5.41) is 0.